The Morgan fingerprint density at radius 1 is 1.20 bits per heavy atom. The van der Waals surface area contributed by atoms with Gasteiger partial charge in [-0.05, 0) is 44.2 Å². The number of benzene rings is 1. The molecule has 0 radical (unpaired) electrons. The molecule has 2 aromatic heterocycles. The molecule has 130 valence electrons. The quantitative estimate of drug-likeness (QED) is 0.658. The first kappa shape index (κ1) is 17.1. The largest absolute Gasteiger partial charge is 0.496 e. The van der Waals surface area contributed by atoms with E-state index in [9.17, 15) is 0 Å². The summed E-state index contributed by atoms with van der Waals surface area (Å²) in [4.78, 5) is 10.8. The van der Waals surface area contributed by atoms with Gasteiger partial charge < -0.3 is 9.26 Å². The predicted molar refractivity (Wildman–Crippen MR) is 95.3 cm³/mol. The Labute approximate surface area is 147 Å². The monoisotopic (exact) mass is 338 g/mol. The molecule has 3 rings (SSSR count). The second-order valence-electron chi connectivity index (χ2n) is 5.92. The molecule has 0 bridgehead atoms. The number of nitrogens with zero attached hydrogens (tertiary/aromatic N) is 4. The first-order valence-corrected chi connectivity index (χ1v) is 8.25. The summed E-state index contributed by atoms with van der Waals surface area (Å²) in [5.41, 5.74) is 2.03. The van der Waals surface area contributed by atoms with Crippen molar-refractivity contribution in [1.29, 1.82) is 0 Å². The molecule has 1 atom stereocenters. The zero-order chi connectivity index (χ0) is 17.6. The average molecular weight is 338 g/mol. The van der Waals surface area contributed by atoms with Gasteiger partial charge in [-0.15, -0.1) is 0 Å². The number of methoxy groups -OCH3 is 1. The number of hydrogen-bond donors (Lipinski definition) is 0. The molecule has 0 aliphatic rings. The lowest BCUT2D eigenvalue weighted by Gasteiger charge is -2.21. The summed E-state index contributed by atoms with van der Waals surface area (Å²) in [6.45, 7) is 2.91. The van der Waals surface area contributed by atoms with Gasteiger partial charge in [0, 0.05) is 24.5 Å². The zero-order valence-corrected chi connectivity index (χ0v) is 14.7. The molecule has 0 saturated heterocycles. The van der Waals surface area contributed by atoms with Crippen LogP contribution in [0, 0.1) is 0 Å². The van der Waals surface area contributed by atoms with Crippen molar-refractivity contribution in [3.63, 3.8) is 0 Å². The van der Waals surface area contributed by atoms with Gasteiger partial charge in [0.25, 0.3) is 0 Å². The van der Waals surface area contributed by atoms with Crippen LogP contribution in [-0.2, 0) is 6.42 Å². The van der Waals surface area contributed by atoms with E-state index < -0.39 is 0 Å². The maximum atomic E-state index is 5.44. The van der Waals surface area contributed by atoms with E-state index in [2.05, 4.69) is 33.0 Å². The number of ether oxygens (including phenoxy) is 1. The third kappa shape index (κ3) is 4.03. The Kier molecular flexibility index (Phi) is 5.40. The van der Waals surface area contributed by atoms with Gasteiger partial charge in [0.1, 0.15) is 5.75 Å². The van der Waals surface area contributed by atoms with Gasteiger partial charge in [0.2, 0.25) is 11.7 Å². The number of rotatable bonds is 7. The maximum absolute atomic E-state index is 5.44. The normalized spacial score (nSPS) is 12.3. The topological polar surface area (TPSA) is 64.3 Å². The molecule has 0 aliphatic heterocycles. The average Bonchev–Trinajstić information content (AvgIpc) is 3.16. The van der Waals surface area contributed by atoms with Crippen LogP contribution in [0.5, 0.6) is 5.75 Å². The number of likely N-dealkylation sites (N-methyl/N-ethyl adjacent to an activating group) is 1. The lowest BCUT2D eigenvalue weighted by Crippen LogP contribution is -2.25. The minimum Gasteiger partial charge on any atom is -0.496 e. The molecule has 2 heterocycles. The highest BCUT2D eigenvalue weighted by Crippen LogP contribution is 2.23. The molecule has 0 spiro atoms. The van der Waals surface area contributed by atoms with Crippen LogP contribution in [0.2, 0.25) is 0 Å². The van der Waals surface area contributed by atoms with Crippen molar-refractivity contribution in [3.05, 3.63) is 60.2 Å². The smallest absolute Gasteiger partial charge is 0.244 e. The molecule has 3 aromatic rings. The highest BCUT2D eigenvalue weighted by atomic mass is 16.5. The molecule has 0 saturated carbocycles. The second-order valence-corrected chi connectivity index (χ2v) is 5.92. The lowest BCUT2D eigenvalue weighted by molar-refractivity contribution is 0.211. The fourth-order valence-corrected chi connectivity index (χ4v) is 2.61. The molecule has 6 heteroatoms. The van der Waals surface area contributed by atoms with Crippen LogP contribution in [0.15, 0.2) is 53.3 Å². The predicted octanol–water partition coefficient (Wildman–Crippen LogP) is 3.38. The molecule has 0 N–H and O–H groups in total. The maximum Gasteiger partial charge on any atom is 0.244 e. The molecule has 0 fully saturated rings. The van der Waals surface area contributed by atoms with Gasteiger partial charge in [-0.3, -0.25) is 9.88 Å². The Morgan fingerprint density at radius 2 is 2.04 bits per heavy atom. The summed E-state index contributed by atoms with van der Waals surface area (Å²) in [5.74, 6) is 2.08. The standard InChI is InChI=1S/C19H22N4O2/c1-14(19-21-18(22-25-19)16-8-6-11-20-13-16)23(2)12-10-15-7-4-5-9-17(15)24-3/h4-9,11,13-14H,10,12H2,1-3H3/t14-/m1/s1. The number of para-hydroxylation sites is 1. The van der Waals surface area contributed by atoms with Crippen molar-refractivity contribution < 1.29 is 9.26 Å². The van der Waals surface area contributed by atoms with E-state index in [1.807, 2.05) is 37.4 Å². The minimum atomic E-state index is 0.0210. The Bertz CT molecular complexity index is 804. The third-order valence-electron chi connectivity index (χ3n) is 4.31. The van der Waals surface area contributed by atoms with E-state index in [1.165, 1.54) is 5.56 Å². The first-order valence-electron chi connectivity index (χ1n) is 8.25. The van der Waals surface area contributed by atoms with Crippen molar-refractivity contribution in [2.24, 2.45) is 0 Å². The SMILES string of the molecule is COc1ccccc1CCN(C)[C@H](C)c1nc(-c2cccnc2)no1. The van der Waals surface area contributed by atoms with Gasteiger partial charge in [-0.1, -0.05) is 23.4 Å². The van der Waals surface area contributed by atoms with Crippen LogP contribution < -0.4 is 4.74 Å². The minimum absolute atomic E-state index is 0.0210. The summed E-state index contributed by atoms with van der Waals surface area (Å²) in [6.07, 6.45) is 4.33. The molecular weight excluding hydrogens is 316 g/mol. The van der Waals surface area contributed by atoms with Crippen molar-refractivity contribution in [1.82, 2.24) is 20.0 Å². The fraction of sp³-hybridized carbons (Fsp3) is 0.316. The fourth-order valence-electron chi connectivity index (χ4n) is 2.61. The van der Waals surface area contributed by atoms with Crippen LogP contribution in [-0.4, -0.2) is 40.7 Å². The van der Waals surface area contributed by atoms with Crippen LogP contribution in [0.25, 0.3) is 11.4 Å². The molecule has 1 aromatic carbocycles. The summed E-state index contributed by atoms with van der Waals surface area (Å²) in [7, 11) is 3.75. The van der Waals surface area contributed by atoms with Crippen molar-refractivity contribution in [2.45, 2.75) is 19.4 Å². The highest BCUT2D eigenvalue weighted by Gasteiger charge is 2.19. The molecule has 0 aliphatic carbocycles. The van der Waals surface area contributed by atoms with Crippen molar-refractivity contribution in [3.8, 4) is 17.1 Å². The number of hydrogen-bond acceptors (Lipinski definition) is 6. The Morgan fingerprint density at radius 3 is 2.80 bits per heavy atom. The third-order valence-corrected chi connectivity index (χ3v) is 4.31. The van der Waals surface area contributed by atoms with Gasteiger partial charge in [0.15, 0.2) is 0 Å². The molecule has 0 unspecified atom stereocenters. The van der Waals surface area contributed by atoms with E-state index in [0.717, 1.165) is 24.3 Å². The van der Waals surface area contributed by atoms with Crippen LogP contribution in [0.3, 0.4) is 0 Å². The zero-order valence-electron chi connectivity index (χ0n) is 14.7. The number of pyridine rings is 1. The summed E-state index contributed by atoms with van der Waals surface area (Å²) in [6, 6.07) is 11.9. The van der Waals surface area contributed by atoms with Gasteiger partial charge in [-0.2, -0.15) is 4.98 Å². The van der Waals surface area contributed by atoms with Crippen LogP contribution in [0.4, 0.5) is 0 Å². The summed E-state index contributed by atoms with van der Waals surface area (Å²) >= 11 is 0. The van der Waals surface area contributed by atoms with Crippen LogP contribution in [0.1, 0.15) is 24.4 Å². The summed E-state index contributed by atoms with van der Waals surface area (Å²) in [5, 5.41) is 4.06. The van der Waals surface area contributed by atoms with Gasteiger partial charge in [0.05, 0.1) is 13.2 Å². The van der Waals surface area contributed by atoms with E-state index in [1.54, 1.807) is 19.5 Å². The van der Waals surface area contributed by atoms with E-state index >= 15 is 0 Å². The van der Waals surface area contributed by atoms with Gasteiger partial charge in [-0.25, -0.2) is 0 Å². The first-order chi connectivity index (χ1) is 12.2. The van der Waals surface area contributed by atoms with Crippen LogP contribution >= 0.6 is 0 Å². The Balaban J connectivity index is 1.64. The summed E-state index contributed by atoms with van der Waals surface area (Å²) < 4.78 is 10.9. The molecule has 0 amide bonds. The van der Waals surface area contributed by atoms with E-state index in [0.29, 0.717) is 11.7 Å². The molecule has 25 heavy (non-hydrogen) atoms. The van der Waals surface area contributed by atoms with Gasteiger partial charge >= 0.3 is 0 Å². The Hall–Kier alpha value is -2.73. The van der Waals surface area contributed by atoms with E-state index in [4.69, 9.17) is 9.26 Å². The van der Waals surface area contributed by atoms with E-state index in [-0.39, 0.29) is 6.04 Å². The molecular formula is C19H22N4O2. The lowest BCUT2D eigenvalue weighted by atomic mass is 10.1. The second kappa shape index (κ2) is 7.90. The van der Waals surface area contributed by atoms with Crippen molar-refractivity contribution >= 4 is 0 Å². The number of aromatic nitrogens is 3. The van der Waals surface area contributed by atoms with Crippen molar-refractivity contribution in [2.75, 3.05) is 20.7 Å². The molecule has 6 nitrogen and oxygen atoms in total. The highest BCUT2D eigenvalue weighted by molar-refractivity contribution is 5.51.